The Kier molecular flexibility index (Phi) is 7.55. The zero-order valence-electron chi connectivity index (χ0n) is 20.6. The molecule has 2 N–H and O–H groups in total. The van der Waals surface area contributed by atoms with E-state index in [4.69, 9.17) is 14.2 Å². The maximum absolute atomic E-state index is 12.9. The lowest BCUT2D eigenvalue weighted by Gasteiger charge is -2.17. The maximum Gasteiger partial charge on any atom is 0.356 e. The van der Waals surface area contributed by atoms with Crippen molar-refractivity contribution in [1.82, 2.24) is 9.55 Å². The average Bonchev–Trinajstić information content (AvgIpc) is 3.50. The van der Waals surface area contributed by atoms with Crippen LogP contribution in [0.25, 0.3) is 11.0 Å². The second kappa shape index (κ2) is 10.8. The van der Waals surface area contributed by atoms with Crippen LogP contribution < -0.4 is 15.4 Å². The van der Waals surface area contributed by atoms with Crippen LogP contribution in [0.15, 0.2) is 36.5 Å². The topological polar surface area (TPSA) is 104 Å². The van der Waals surface area contributed by atoms with Crippen molar-refractivity contribution in [3.63, 3.8) is 0 Å². The highest BCUT2D eigenvalue weighted by molar-refractivity contribution is 6.11. The SMILES string of the molecule is CCn1c(C(=O)OC)c(NC(=O)[C@H]2CCOC2)c2cc(N[C@H](C)Cc3ccccc3OC)cnc21. The Morgan fingerprint density at radius 1 is 1.29 bits per heavy atom. The van der Waals surface area contributed by atoms with Gasteiger partial charge in [0.2, 0.25) is 5.91 Å². The van der Waals surface area contributed by atoms with Gasteiger partial charge in [-0.05, 0) is 44.4 Å². The Balaban J connectivity index is 1.67. The molecule has 2 aromatic heterocycles. The minimum atomic E-state index is -0.526. The second-order valence-electron chi connectivity index (χ2n) is 8.67. The molecule has 1 aliphatic heterocycles. The first-order chi connectivity index (χ1) is 17.0. The third-order valence-electron chi connectivity index (χ3n) is 6.27. The first-order valence-corrected chi connectivity index (χ1v) is 11.8. The number of fused-ring (bicyclic) bond motifs is 1. The lowest BCUT2D eigenvalue weighted by Crippen LogP contribution is -2.24. The van der Waals surface area contributed by atoms with Crippen molar-refractivity contribution in [3.8, 4) is 5.75 Å². The van der Waals surface area contributed by atoms with E-state index < -0.39 is 5.97 Å². The Labute approximate surface area is 204 Å². The van der Waals surface area contributed by atoms with E-state index in [2.05, 4.69) is 22.5 Å². The van der Waals surface area contributed by atoms with Crippen LogP contribution in [-0.2, 0) is 27.2 Å². The number of ether oxygens (including phenoxy) is 3. The van der Waals surface area contributed by atoms with Crippen LogP contribution in [0.1, 0.15) is 36.3 Å². The monoisotopic (exact) mass is 480 g/mol. The molecule has 186 valence electrons. The van der Waals surface area contributed by atoms with Crippen molar-refractivity contribution < 1.29 is 23.8 Å². The number of rotatable bonds is 9. The number of anilines is 2. The second-order valence-corrected chi connectivity index (χ2v) is 8.67. The molecule has 2 atom stereocenters. The van der Waals surface area contributed by atoms with Crippen LogP contribution in [-0.4, -0.2) is 54.9 Å². The van der Waals surface area contributed by atoms with E-state index in [0.29, 0.717) is 42.9 Å². The molecule has 0 spiro atoms. The number of aromatic nitrogens is 2. The molecule has 35 heavy (non-hydrogen) atoms. The van der Waals surface area contributed by atoms with Crippen molar-refractivity contribution in [1.29, 1.82) is 0 Å². The zero-order chi connectivity index (χ0) is 24.9. The van der Waals surface area contributed by atoms with E-state index in [1.54, 1.807) is 17.9 Å². The number of para-hydroxylation sites is 1. The fraction of sp³-hybridized carbons (Fsp3) is 0.423. The number of carbonyl (C=O) groups is 2. The van der Waals surface area contributed by atoms with Gasteiger partial charge in [-0.25, -0.2) is 9.78 Å². The Bertz CT molecular complexity index is 1220. The largest absolute Gasteiger partial charge is 0.496 e. The smallest absolute Gasteiger partial charge is 0.356 e. The summed E-state index contributed by atoms with van der Waals surface area (Å²) in [6.45, 7) is 5.42. The van der Waals surface area contributed by atoms with Crippen molar-refractivity contribution in [2.75, 3.05) is 38.1 Å². The predicted octanol–water partition coefficient (Wildman–Crippen LogP) is 3.87. The van der Waals surface area contributed by atoms with E-state index in [-0.39, 0.29) is 23.6 Å². The molecule has 3 heterocycles. The summed E-state index contributed by atoms with van der Waals surface area (Å²) in [6, 6.07) is 9.92. The van der Waals surface area contributed by atoms with Crippen LogP contribution in [0.4, 0.5) is 11.4 Å². The highest BCUT2D eigenvalue weighted by Crippen LogP contribution is 2.33. The lowest BCUT2D eigenvalue weighted by atomic mass is 10.1. The first-order valence-electron chi connectivity index (χ1n) is 11.8. The quantitative estimate of drug-likeness (QED) is 0.448. The summed E-state index contributed by atoms with van der Waals surface area (Å²) < 4.78 is 17.7. The lowest BCUT2D eigenvalue weighted by molar-refractivity contribution is -0.119. The first kappa shape index (κ1) is 24.5. The zero-order valence-corrected chi connectivity index (χ0v) is 20.6. The number of pyridine rings is 1. The summed E-state index contributed by atoms with van der Waals surface area (Å²) in [5.41, 5.74) is 3.18. The third-order valence-corrected chi connectivity index (χ3v) is 6.27. The molecule has 1 amide bonds. The summed E-state index contributed by atoms with van der Waals surface area (Å²) in [6.07, 6.45) is 3.14. The van der Waals surface area contributed by atoms with Crippen LogP contribution in [0, 0.1) is 5.92 Å². The highest BCUT2D eigenvalue weighted by Gasteiger charge is 2.29. The molecule has 1 saturated heterocycles. The molecule has 1 aromatic carbocycles. The normalized spacial score (nSPS) is 16.2. The highest BCUT2D eigenvalue weighted by atomic mass is 16.5. The number of hydrogen-bond donors (Lipinski definition) is 2. The van der Waals surface area contributed by atoms with Crippen molar-refractivity contribution in [2.45, 2.75) is 39.3 Å². The third kappa shape index (κ3) is 5.09. The minimum Gasteiger partial charge on any atom is -0.496 e. The van der Waals surface area contributed by atoms with Crippen LogP contribution in [0.3, 0.4) is 0 Å². The van der Waals surface area contributed by atoms with Gasteiger partial charge in [-0.2, -0.15) is 0 Å². The molecular formula is C26H32N4O5. The Hall–Kier alpha value is -3.59. The summed E-state index contributed by atoms with van der Waals surface area (Å²) in [4.78, 5) is 30.3. The summed E-state index contributed by atoms with van der Waals surface area (Å²) in [5, 5.41) is 7.13. The number of nitrogens with one attached hydrogen (secondary N) is 2. The molecule has 0 bridgehead atoms. The van der Waals surface area contributed by atoms with Gasteiger partial charge in [0.1, 0.15) is 11.4 Å². The molecule has 4 rings (SSSR count). The molecular weight excluding hydrogens is 448 g/mol. The Morgan fingerprint density at radius 2 is 2.09 bits per heavy atom. The molecule has 0 unspecified atom stereocenters. The molecule has 0 radical (unpaired) electrons. The van der Waals surface area contributed by atoms with E-state index in [1.165, 1.54) is 7.11 Å². The molecule has 0 aliphatic carbocycles. The van der Waals surface area contributed by atoms with E-state index >= 15 is 0 Å². The number of aryl methyl sites for hydroxylation is 1. The van der Waals surface area contributed by atoms with E-state index in [9.17, 15) is 9.59 Å². The number of methoxy groups -OCH3 is 2. The molecule has 3 aromatic rings. The molecule has 1 fully saturated rings. The van der Waals surface area contributed by atoms with Crippen LogP contribution in [0.5, 0.6) is 5.75 Å². The van der Waals surface area contributed by atoms with Gasteiger partial charge in [0.15, 0.2) is 5.69 Å². The fourth-order valence-electron chi connectivity index (χ4n) is 4.55. The van der Waals surface area contributed by atoms with Gasteiger partial charge in [0.05, 0.1) is 44.3 Å². The van der Waals surface area contributed by atoms with Gasteiger partial charge in [-0.3, -0.25) is 4.79 Å². The van der Waals surface area contributed by atoms with Crippen molar-refractivity contribution in [3.05, 3.63) is 47.8 Å². The maximum atomic E-state index is 12.9. The number of amides is 1. The van der Waals surface area contributed by atoms with Crippen molar-refractivity contribution in [2.24, 2.45) is 5.92 Å². The van der Waals surface area contributed by atoms with Crippen LogP contribution >= 0.6 is 0 Å². The van der Waals surface area contributed by atoms with Crippen molar-refractivity contribution >= 4 is 34.3 Å². The number of esters is 1. The van der Waals surface area contributed by atoms with E-state index in [0.717, 1.165) is 23.4 Å². The standard InChI is InChI=1S/C26H32N4O5/c1-5-30-23(26(32)34-4)22(29-25(31)18-10-11-35-15-18)20-13-19(14-27-24(20)30)28-16(2)12-17-8-6-7-9-21(17)33-3/h6-9,13-14,16,18,28H,5,10-12,15H2,1-4H3,(H,29,31)/t16-,18+/m1/s1. The average molecular weight is 481 g/mol. The summed E-state index contributed by atoms with van der Waals surface area (Å²) in [7, 11) is 3.00. The number of carbonyl (C=O) groups excluding carboxylic acids is 2. The van der Waals surface area contributed by atoms with Gasteiger partial charge < -0.3 is 29.4 Å². The summed E-state index contributed by atoms with van der Waals surface area (Å²) >= 11 is 0. The van der Waals surface area contributed by atoms with Gasteiger partial charge >= 0.3 is 5.97 Å². The predicted molar refractivity (Wildman–Crippen MR) is 134 cm³/mol. The fourth-order valence-corrected chi connectivity index (χ4v) is 4.55. The van der Waals surface area contributed by atoms with Crippen LogP contribution in [0.2, 0.25) is 0 Å². The summed E-state index contributed by atoms with van der Waals surface area (Å²) in [5.74, 6) is -0.110. The van der Waals surface area contributed by atoms with Gasteiger partial charge in [-0.1, -0.05) is 18.2 Å². The molecule has 9 heteroatoms. The minimum absolute atomic E-state index is 0.0765. The number of nitrogens with zero attached hydrogens (tertiary/aromatic N) is 2. The Morgan fingerprint density at radius 3 is 2.77 bits per heavy atom. The number of hydrogen-bond acceptors (Lipinski definition) is 7. The molecule has 1 aliphatic rings. The van der Waals surface area contributed by atoms with E-state index in [1.807, 2.05) is 37.3 Å². The van der Waals surface area contributed by atoms with Gasteiger partial charge in [0.25, 0.3) is 0 Å². The molecule has 0 saturated carbocycles. The van der Waals surface area contributed by atoms with Gasteiger partial charge in [0, 0.05) is 24.6 Å². The molecule has 9 nitrogen and oxygen atoms in total. The number of benzene rings is 1. The van der Waals surface area contributed by atoms with Gasteiger partial charge in [-0.15, -0.1) is 0 Å².